The van der Waals surface area contributed by atoms with E-state index in [2.05, 4.69) is 13.0 Å². The normalized spacial score (nSPS) is 23.4. The van der Waals surface area contributed by atoms with Gasteiger partial charge in [-0.1, -0.05) is 12.1 Å². The fourth-order valence-electron chi connectivity index (χ4n) is 2.20. The molecular formula is C12H17NO2. The van der Waals surface area contributed by atoms with Crippen LogP contribution in [0.4, 0.5) is 0 Å². The Morgan fingerprint density at radius 3 is 2.93 bits per heavy atom. The average molecular weight is 207 g/mol. The second kappa shape index (κ2) is 4.11. The zero-order valence-corrected chi connectivity index (χ0v) is 9.19. The molecule has 0 aliphatic carbocycles. The van der Waals surface area contributed by atoms with E-state index in [1.54, 1.807) is 7.11 Å². The lowest BCUT2D eigenvalue weighted by molar-refractivity contribution is 0.215. The van der Waals surface area contributed by atoms with Crippen LogP contribution in [-0.2, 0) is 0 Å². The summed E-state index contributed by atoms with van der Waals surface area (Å²) >= 11 is 0. The second-order valence-electron chi connectivity index (χ2n) is 3.89. The van der Waals surface area contributed by atoms with Crippen LogP contribution in [0.25, 0.3) is 0 Å². The van der Waals surface area contributed by atoms with Gasteiger partial charge in [0.15, 0.2) is 11.5 Å². The van der Waals surface area contributed by atoms with Crippen LogP contribution in [-0.4, -0.2) is 19.8 Å². The maximum atomic E-state index is 5.81. The van der Waals surface area contributed by atoms with Gasteiger partial charge in [-0.3, -0.25) is 0 Å². The van der Waals surface area contributed by atoms with E-state index in [4.69, 9.17) is 15.2 Å². The van der Waals surface area contributed by atoms with E-state index in [0.717, 1.165) is 17.9 Å². The minimum absolute atomic E-state index is 0.194. The van der Waals surface area contributed by atoms with Crippen molar-refractivity contribution in [2.75, 3.05) is 13.7 Å². The van der Waals surface area contributed by atoms with Crippen LogP contribution in [0.1, 0.15) is 24.8 Å². The Labute approximate surface area is 90.2 Å². The topological polar surface area (TPSA) is 44.5 Å². The molecule has 3 nitrogen and oxygen atoms in total. The zero-order valence-electron chi connectivity index (χ0n) is 9.19. The highest BCUT2D eigenvalue weighted by Gasteiger charge is 2.32. The summed E-state index contributed by atoms with van der Waals surface area (Å²) < 4.78 is 11.1. The van der Waals surface area contributed by atoms with Gasteiger partial charge >= 0.3 is 0 Å². The number of hydrogen-bond donors (Lipinski definition) is 1. The number of methoxy groups -OCH3 is 1. The third-order valence-corrected chi connectivity index (χ3v) is 2.98. The summed E-state index contributed by atoms with van der Waals surface area (Å²) in [4.78, 5) is 0. The van der Waals surface area contributed by atoms with Crippen molar-refractivity contribution in [1.82, 2.24) is 0 Å². The Hall–Kier alpha value is -1.22. The average Bonchev–Trinajstić information content (AvgIpc) is 2.56. The van der Waals surface area contributed by atoms with Crippen molar-refractivity contribution in [1.29, 1.82) is 0 Å². The van der Waals surface area contributed by atoms with Crippen molar-refractivity contribution in [3.8, 4) is 11.5 Å². The van der Waals surface area contributed by atoms with E-state index in [1.807, 2.05) is 12.1 Å². The first-order valence-electron chi connectivity index (χ1n) is 5.31. The number of benzene rings is 1. The summed E-state index contributed by atoms with van der Waals surface area (Å²) in [5.74, 6) is 2.12. The molecule has 0 amide bonds. The van der Waals surface area contributed by atoms with Gasteiger partial charge in [0.2, 0.25) is 0 Å². The van der Waals surface area contributed by atoms with Gasteiger partial charge < -0.3 is 15.2 Å². The van der Waals surface area contributed by atoms with Gasteiger partial charge in [-0.15, -0.1) is 0 Å². The van der Waals surface area contributed by atoms with Crippen LogP contribution in [0.2, 0.25) is 0 Å². The van der Waals surface area contributed by atoms with Gasteiger partial charge in [-0.05, 0) is 26.0 Å². The minimum Gasteiger partial charge on any atom is -0.493 e. The first-order valence-corrected chi connectivity index (χ1v) is 5.31. The lowest BCUT2D eigenvalue weighted by Crippen LogP contribution is -2.17. The first kappa shape index (κ1) is 10.3. The highest BCUT2D eigenvalue weighted by molar-refractivity contribution is 5.51. The molecule has 0 spiro atoms. The molecule has 2 N–H and O–H groups in total. The van der Waals surface area contributed by atoms with Gasteiger partial charge in [0.1, 0.15) is 6.10 Å². The highest BCUT2D eigenvalue weighted by Crippen LogP contribution is 2.45. The van der Waals surface area contributed by atoms with Crippen LogP contribution in [0.3, 0.4) is 0 Å². The van der Waals surface area contributed by atoms with E-state index >= 15 is 0 Å². The van der Waals surface area contributed by atoms with E-state index in [0.29, 0.717) is 12.5 Å². The van der Waals surface area contributed by atoms with Crippen molar-refractivity contribution < 1.29 is 9.47 Å². The van der Waals surface area contributed by atoms with Gasteiger partial charge in [0, 0.05) is 11.5 Å². The van der Waals surface area contributed by atoms with Crippen molar-refractivity contribution >= 4 is 0 Å². The molecule has 0 radical (unpaired) electrons. The molecule has 1 aromatic rings. The van der Waals surface area contributed by atoms with E-state index in [1.165, 1.54) is 5.56 Å². The molecule has 2 rings (SSSR count). The highest BCUT2D eigenvalue weighted by atomic mass is 16.5. The van der Waals surface area contributed by atoms with Crippen LogP contribution in [0.15, 0.2) is 18.2 Å². The van der Waals surface area contributed by atoms with Gasteiger partial charge in [-0.2, -0.15) is 0 Å². The fourth-order valence-corrected chi connectivity index (χ4v) is 2.20. The lowest BCUT2D eigenvalue weighted by atomic mass is 9.93. The molecule has 1 heterocycles. The summed E-state index contributed by atoms with van der Waals surface area (Å²) in [5.41, 5.74) is 6.84. The molecule has 82 valence electrons. The molecule has 0 aromatic heterocycles. The Balaban J connectivity index is 2.37. The van der Waals surface area contributed by atoms with Crippen molar-refractivity contribution in [2.24, 2.45) is 5.73 Å². The molecule has 2 unspecified atom stereocenters. The van der Waals surface area contributed by atoms with Crippen molar-refractivity contribution in [3.63, 3.8) is 0 Å². The fraction of sp³-hybridized carbons (Fsp3) is 0.500. The molecule has 0 saturated heterocycles. The third kappa shape index (κ3) is 1.67. The molecule has 15 heavy (non-hydrogen) atoms. The summed E-state index contributed by atoms with van der Waals surface area (Å²) in [6, 6.07) is 6.03. The summed E-state index contributed by atoms with van der Waals surface area (Å²) in [7, 11) is 1.67. The van der Waals surface area contributed by atoms with E-state index in [9.17, 15) is 0 Å². The van der Waals surface area contributed by atoms with Gasteiger partial charge in [0.25, 0.3) is 0 Å². The van der Waals surface area contributed by atoms with Crippen molar-refractivity contribution in [2.45, 2.75) is 25.4 Å². The predicted octanol–water partition coefficient (Wildman–Crippen LogP) is 1.91. The van der Waals surface area contributed by atoms with Crippen LogP contribution in [0, 0.1) is 0 Å². The summed E-state index contributed by atoms with van der Waals surface area (Å²) in [5, 5.41) is 0. The molecule has 1 aliphatic heterocycles. The Morgan fingerprint density at radius 2 is 2.27 bits per heavy atom. The minimum atomic E-state index is 0.194. The molecule has 2 atom stereocenters. The number of nitrogens with two attached hydrogens (primary N) is 1. The van der Waals surface area contributed by atoms with Gasteiger partial charge in [-0.25, -0.2) is 0 Å². The Morgan fingerprint density at radius 1 is 1.47 bits per heavy atom. The lowest BCUT2D eigenvalue weighted by Gasteiger charge is -2.12. The molecular weight excluding hydrogens is 190 g/mol. The van der Waals surface area contributed by atoms with E-state index in [-0.39, 0.29) is 6.10 Å². The first-order chi connectivity index (χ1) is 7.27. The number of hydrogen-bond acceptors (Lipinski definition) is 3. The standard InChI is InChI=1S/C12H17NO2/c1-8-9(6-7-13)10-4-3-5-11(14-2)12(10)15-8/h3-5,8-9H,6-7,13H2,1-2H3. The monoisotopic (exact) mass is 207 g/mol. The quantitative estimate of drug-likeness (QED) is 0.823. The maximum absolute atomic E-state index is 5.81. The molecule has 1 aromatic carbocycles. The van der Waals surface area contributed by atoms with Crippen LogP contribution >= 0.6 is 0 Å². The summed E-state index contributed by atoms with van der Waals surface area (Å²) in [6.07, 6.45) is 1.15. The molecule has 0 bridgehead atoms. The van der Waals surface area contributed by atoms with Gasteiger partial charge in [0.05, 0.1) is 7.11 Å². The molecule has 0 fully saturated rings. The van der Waals surface area contributed by atoms with Crippen molar-refractivity contribution in [3.05, 3.63) is 23.8 Å². The predicted molar refractivity (Wildman–Crippen MR) is 59.5 cm³/mol. The second-order valence-corrected chi connectivity index (χ2v) is 3.89. The smallest absolute Gasteiger partial charge is 0.165 e. The number of fused-ring (bicyclic) bond motifs is 1. The third-order valence-electron chi connectivity index (χ3n) is 2.98. The van der Waals surface area contributed by atoms with E-state index < -0.39 is 0 Å². The van der Waals surface area contributed by atoms with Crippen LogP contribution < -0.4 is 15.2 Å². The zero-order chi connectivity index (χ0) is 10.8. The van der Waals surface area contributed by atoms with Crippen LogP contribution in [0.5, 0.6) is 11.5 Å². The molecule has 0 saturated carbocycles. The number of para-hydroxylation sites is 1. The SMILES string of the molecule is COc1cccc2c1OC(C)C2CCN. The maximum Gasteiger partial charge on any atom is 0.165 e. The number of ether oxygens (including phenoxy) is 2. The molecule has 3 heteroatoms. The largest absolute Gasteiger partial charge is 0.493 e. The Kier molecular flexibility index (Phi) is 2.82. The molecule has 1 aliphatic rings. The number of rotatable bonds is 3. The Bertz CT molecular complexity index is 351. The summed E-state index contributed by atoms with van der Waals surface area (Å²) in [6.45, 7) is 2.77.